The van der Waals surface area contributed by atoms with Crippen LogP contribution in [0.15, 0.2) is 0 Å². The molecule has 4 aliphatic rings. The Morgan fingerprint density at radius 3 is 2.21 bits per heavy atom. The van der Waals surface area contributed by atoms with Gasteiger partial charge in [0.15, 0.2) is 0 Å². The van der Waals surface area contributed by atoms with E-state index in [1.807, 2.05) is 0 Å². The van der Waals surface area contributed by atoms with Crippen molar-refractivity contribution in [2.45, 2.75) is 57.5 Å². The molecule has 4 bridgehead atoms. The van der Waals surface area contributed by atoms with Crippen molar-refractivity contribution in [3.8, 4) is 0 Å². The number of nitrogens with one attached hydrogen (secondary N) is 2. The molecule has 1 unspecified atom stereocenters. The van der Waals surface area contributed by atoms with Gasteiger partial charge >= 0.3 is 6.03 Å². The molecule has 4 heteroatoms. The first kappa shape index (κ1) is 13.2. The Labute approximate surface area is 115 Å². The van der Waals surface area contributed by atoms with E-state index < -0.39 is 0 Å². The van der Waals surface area contributed by atoms with Gasteiger partial charge in [-0.15, -0.1) is 0 Å². The Bertz CT molecular complexity index is 312. The second kappa shape index (κ2) is 5.31. The van der Waals surface area contributed by atoms with Crippen molar-refractivity contribution in [3.63, 3.8) is 0 Å². The van der Waals surface area contributed by atoms with Crippen LogP contribution < -0.4 is 16.4 Å². The maximum Gasteiger partial charge on any atom is 0.315 e. The molecule has 0 heterocycles. The van der Waals surface area contributed by atoms with Crippen molar-refractivity contribution in [2.75, 3.05) is 6.54 Å². The van der Waals surface area contributed by atoms with E-state index in [2.05, 4.69) is 17.6 Å². The van der Waals surface area contributed by atoms with E-state index in [9.17, 15) is 4.79 Å². The van der Waals surface area contributed by atoms with E-state index in [-0.39, 0.29) is 12.1 Å². The lowest BCUT2D eigenvalue weighted by molar-refractivity contribution is -0.00951. The normalized spacial score (nSPS) is 41.1. The SMILES string of the molecule is CCC(CN)NC(=O)NC1C2CC3CC(C2)CC1C3. The molecule has 4 rings (SSSR count). The lowest BCUT2D eigenvalue weighted by Gasteiger charge is -2.54. The van der Waals surface area contributed by atoms with E-state index in [1.165, 1.54) is 32.1 Å². The minimum absolute atomic E-state index is 0.00484. The highest BCUT2D eigenvalue weighted by atomic mass is 16.2. The molecule has 4 N–H and O–H groups in total. The van der Waals surface area contributed by atoms with Crippen LogP contribution in [0.4, 0.5) is 4.79 Å². The highest BCUT2D eigenvalue weighted by Crippen LogP contribution is 2.53. The highest BCUT2D eigenvalue weighted by molar-refractivity contribution is 5.74. The van der Waals surface area contributed by atoms with E-state index in [0.29, 0.717) is 12.6 Å². The fourth-order valence-corrected chi connectivity index (χ4v) is 4.87. The summed E-state index contributed by atoms with van der Waals surface area (Å²) in [5.74, 6) is 3.38. The summed E-state index contributed by atoms with van der Waals surface area (Å²) in [5, 5.41) is 6.26. The van der Waals surface area contributed by atoms with Gasteiger partial charge in [0.2, 0.25) is 0 Å². The molecular formula is C15H27N3O. The summed E-state index contributed by atoms with van der Waals surface area (Å²) < 4.78 is 0. The number of nitrogens with two attached hydrogens (primary N) is 1. The second-order valence-corrected chi connectivity index (χ2v) is 6.92. The molecule has 0 aromatic heterocycles. The number of carbonyl (C=O) groups is 1. The Morgan fingerprint density at radius 2 is 1.74 bits per heavy atom. The van der Waals surface area contributed by atoms with Crippen molar-refractivity contribution in [1.82, 2.24) is 10.6 Å². The zero-order valence-electron chi connectivity index (χ0n) is 11.9. The van der Waals surface area contributed by atoms with Gasteiger partial charge in [-0.3, -0.25) is 0 Å². The number of hydrogen-bond acceptors (Lipinski definition) is 2. The summed E-state index contributed by atoms with van der Waals surface area (Å²) in [6, 6.07) is 0.523. The molecule has 0 spiro atoms. The van der Waals surface area contributed by atoms with E-state index in [4.69, 9.17) is 5.73 Å². The van der Waals surface area contributed by atoms with Crippen LogP contribution in [0.25, 0.3) is 0 Å². The topological polar surface area (TPSA) is 67.1 Å². The van der Waals surface area contributed by atoms with Crippen LogP contribution in [0.3, 0.4) is 0 Å². The molecule has 0 saturated heterocycles. The minimum Gasteiger partial charge on any atom is -0.335 e. The summed E-state index contributed by atoms with van der Waals surface area (Å²) >= 11 is 0. The predicted octanol–water partition coefficient (Wildman–Crippen LogP) is 1.85. The summed E-state index contributed by atoms with van der Waals surface area (Å²) in [5.41, 5.74) is 5.64. The van der Waals surface area contributed by atoms with Gasteiger partial charge in [-0.2, -0.15) is 0 Å². The molecule has 108 valence electrons. The van der Waals surface area contributed by atoms with Crippen LogP contribution in [0.1, 0.15) is 45.4 Å². The van der Waals surface area contributed by atoms with Gasteiger partial charge in [0.1, 0.15) is 0 Å². The molecule has 19 heavy (non-hydrogen) atoms. The smallest absolute Gasteiger partial charge is 0.315 e. The highest BCUT2D eigenvalue weighted by Gasteiger charge is 2.48. The van der Waals surface area contributed by atoms with Gasteiger partial charge in [-0.05, 0) is 62.2 Å². The van der Waals surface area contributed by atoms with Crippen molar-refractivity contribution < 1.29 is 4.79 Å². The largest absolute Gasteiger partial charge is 0.335 e. The fourth-order valence-electron chi connectivity index (χ4n) is 4.87. The van der Waals surface area contributed by atoms with Gasteiger partial charge in [0.05, 0.1) is 0 Å². The molecule has 1 atom stereocenters. The van der Waals surface area contributed by atoms with Gasteiger partial charge in [0.25, 0.3) is 0 Å². The molecule has 0 aliphatic heterocycles. The Kier molecular flexibility index (Phi) is 3.70. The van der Waals surface area contributed by atoms with Crippen LogP contribution in [0.2, 0.25) is 0 Å². The average molecular weight is 265 g/mol. The molecule has 0 radical (unpaired) electrons. The summed E-state index contributed by atoms with van der Waals surface area (Å²) in [4.78, 5) is 12.1. The van der Waals surface area contributed by atoms with Crippen LogP contribution in [0.5, 0.6) is 0 Å². The second-order valence-electron chi connectivity index (χ2n) is 6.92. The quantitative estimate of drug-likeness (QED) is 0.726. The molecule has 0 aromatic carbocycles. The lowest BCUT2D eigenvalue weighted by Crippen LogP contribution is -2.58. The summed E-state index contributed by atoms with van der Waals surface area (Å²) in [6.45, 7) is 2.58. The third-order valence-electron chi connectivity index (χ3n) is 5.64. The fraction of sp³-hybridized carbons (Fsp3) is 0.933. The number of urea groups is 1. The molecule has 4 fully saturated rings. The minimum atomic E-state index is -0.00484. The van der Waals surface area contributed by atoms with E-state index in [0.717, 1.165) is 30.1 Å². The molecule has 2 amide bonds. The van der Waals surface area contributed by atoms with Crippen LogP contribution in [-0.2, 0) is 0 Å². The van der Waals surface area contributed by atoms with Crippen molar-refractivity contribution >= 4 is 6.03 Å². The van der Waals surface area contributed by atoms with Gasteiger partial charge in [0, 0.05) is 18.6 Å². The Balaban J connectivity index is 1.56. The van der Waals surface area contributed by atoms with Crippen molar-refractivity contribution in [2.24, 2.45) is 29.4 Å². The first-order chi connectivity index (χ1) is 9.19. The first-order valence-corrected chi connectivity index (χ1v) is 7.96. The third kappa shape index (κ3) is 2.60. The Morgan fingerprint density at radius 1 is 1.16 bits per heavy atom. The van der Waals surface area contributed by atoms with Crippen LogP contribution >= 0.6 is 0 Å². The van der Waals surface area contributed by atoms with Crippen molar-refractivity contribution in [3.05, 3.63) is 0 Å². The van der Waals surface area contributed by atoms with Gasteiger partial charge in [-0.25, -0.2) is 4.79 Å². The average Bonchev–Trinajstić information content (AvgIpc) is 2.39. The number of carbonyl (C=O) groups excluding carboxylic acids is 1. The molecular weight excluding hydrogens is 238 g/mol. The monoisotopic (exact) mass is 265 g/mol. The van der Waals surface area contributed by atoms with Gasteiger partial charge < -0.3 is 16.4 Å². The van der Waals surface area contributed by atoms with E-state index in [1.54, 1.807) is 0 Å². The summed E-state index contributed by atoms with van der Waals surface area (Å²) in [7, 11) is 0. The Hall–Kier alpha value is -0.770. The van der Waals surface area contributed by atoms with Crippen LogP contribution in [-0.4, -0.2) is 24.7 Å². The molecule has 0 aromatic rings. The lowest BCUT2D eigenvalue weighted by atomic mass is 9.54. The van der Waals surface area contributed by atoms with Crippen molar-refractivity contribution in [1.29, 1.82) is 0 Å². The molecule has 4 aliphatic carbocycles. The first-order valence-electron chi connectivity index (χ1n) is 7.96. The predicted molar refractivity (Wildman–Crippen MR) is 75.6 cm³/mol. The van der Waals surface area contributed by atoms with Crippen LogP contribution in [0, 0.1) is 23.7 Å². The number of hydrogen-bond donors (Lipinski definition) is 3. The standard InChI is InChI=1S/C15H27N3O/c1-2-13(8-16)17-15(19)18-14-11-4-9-3-10(6-11)7-12(14)5-9/h9-14H,2-8,16H2,1H3,(H2,17,18,19). The van der Waals surface area contributed by atoms with E-state index >= 15 is 0 Å². The number of rotatable bonds is 4. The van der Waals surface area contributed by atoms with Gasteiger partial charge in [-0.1, -0.05) is 6.92 Å². The molecule has 4 saturated carbocycles. The molecule has 4 nitrogen and oxygen atoms in total. The maximum atomic E-state index is 12.1. The zero-order valence-corrected chi connectivity index (χ0v) is 11.9. The maximum absolute atomic E-state index is 12.1. The third-order valence-corrected chi connectivity index (χ3v) is 5.64. The zero-order chi connectivity index (χ0) is 13.4. The summed E-state index contributed by atoms with van der Waals surface area (Å²) in [6.07, 6.45) is 7.71. The number of amides is 2.